The molecule has 0 aliphatic heterocycles. The summed E-state index contributed by atoms with van der Waals surface area (Å²) >= 11 is 0. The lowest BCUT2D eigenvalue weighted by molar-refractivity contribution is -0.138. The third-order valence-corrected chi connectivity index (χ3v) is 4.45. The van der Waals surface area contributed by atoms with E-state index in [0.717, 1.165) is 6.42 Å². The second-order valence-corrected chi connectivity index (χ2v) is 9.23. The highest BCUT2D eigenvalue weighted by atomic mass is 16.6. The Kier molecular flexibility index (Phi) is 19.4. The van der Waals surface area contributed by atoms with Gasteiger partial charge in [0.05, 0.1) is 26.4 Å². The van der Waals surface area contributed by atoms with Gasteiger partial charge in [0, 0.05) is 39.6 Å². The second-order valence-electron chi connectivity index (χ2n) is 9.23. The maximum absolute atomic E-state index is 12.3. The number of carbonyl (C=O) groups is 5. The molecule has 0 heterocycles. The van der Waals surface area contributed by atoms with Gasteiger partial charge in [-0.15, -0.1) is 0 Å². The van der Waals surface area contributed by atoms with Crippen LogP contribution in [0, 0.1) is 0 Å². The number of carbonyl (C=O) groups excluding carboxylic acids is 4. The van der Waals surface area contributed by atoms with Crippen LogP contribution < -0.4 is 21.3 Å². The van der Waals surface area contributed by atoms with Crippen LogP contribution in [0.25, 0.3) is 0 Å². The molecule has 0 spiro atoms. The van der Waals surface area contributed by atoms with E-state index < -0.39 is 36.2 Å². The predicted octanol–water partition coefficient (Wildman–Crippen LogP) is -0.0570. The van der Waals surface area contributed by atoms with Gasteiger partial charge in [0.15, 0.2) is 0 Å². The SMILES string of the molecule is CC(=O)NCCCOCCOCCOCCCNC(=O)CC[C@H](NC(=O)OC(C)(C)C)C(=O)NCC(=O)O. The fourth-order valence-electron chi connectivity index (χ4n) is 2.75. The number of carboxylic acid groups (broad SMARTS) is 1. The van der Waals surface area contributed by atoms with Gasteiger partial charge in [-0.3, -0.25) is 19.2 Å². The van der Waals surface area contributed by atoms with E-state index in [2.05, 4.69) is 21.3 Å². The summed E-state index contributed by atoms with van der Waals surface area (Å²) in [5, 5.41) is 18.7. The van der Waals surface area contributed by atoms with Crippen LogP contribution in [0.15, 0.2) is 0 Å². The highest BCUT2D eigenvalue weighted by Crippen LogP contribution is 2.08. The van der Waals surface area contributed by atoms with E-state index in [-0.39, 0.29) is 24.7 Å². The van der Waals surface area contributed by atoms with Crippen LogP contribution in [0.4, 0.5) is 4.79 Å². The van der Waals surface area contributed by atoms with Crippen LogP contribution in [0.2, 0.25) is 0 Å². The van der Waals surface area contributed by atoms with Crippen molar-refractivity contribution in [2.24, 2.45) is 0 Å². The number of hydrogen-bond acceptors (Lipinski definition) is 9. The lowest BCUT2D eigenvalue weighted by Crippen LogP contribution is -2.49. The lowest BCUT2D eigenvalue weighted by atomic mass is 10.1. The minimum Gasteiger partial charge on any atom is -0.480 e. The van der Waals surface area contributed by atoms with Crippen LogP contribution in [0.3, 0.4) is 0 Å². The lowest BCUT2D eigenvalue weighted by Gasteiger charge is -2.23. The van der Waals surface area contributed by atoms with Gasteiger partial charge in [0.2, 0.25) is 17.7 Å². The van der Waals surface area contributed by atoms with Gasteiger partial charge in [-0.2, -0.15) is 0 Å². The largest absolute Gasteiger partial charge is 0.480 e. The third kappa shape index (κ3) is 23.4. The summed E-state index contributed by atoms with van der Waals surface area (Å²) in [6.45, 7) is 9.47. The molecule has 0 saturated carbocycles. The van der Waals surface area contributed by atoms with Crippen molar-refractivity contribution >= 4 is 29.8 Å². The highest BCUT2D eigenvalue weighted by molar-refractivity contribution is 5.88. The number of ether oxygens (including phenoxy) is 4. The molecule has 220 valence electrons. The number of hydrogen-bond donors (Lipinski definition) is 5. The van der Waals surface area contributed by atoms with Crippen LogP contribution in [0.1, 0.15) is 53.4 Å². The van der Waals surface area contributed by atoms with Crippen LogP contribution >= 0.6 is 0 Å². The van der Waals surface area contributed by atoms with E-state index in [1.807, 2.05) is 0 Å². The smallest absolute Gasteiger partial charge is 0.408 e. The Balaban J connectivity index is 3.96. The van der Waals surface area contributed by atoms with Crippen molar-refractivity contribution in [1.29, 1.82) is 0 Å². The summed E-state index contributed by atoms with van der Waals surface area (Å²) in [6, 6.07) is -1.13. The summed E-state index contributed by atoms with van der Waals surface area (Å²) in [5.41, 5.74) is -0.789. The van der Waals surface area contributed by atoms with Crippen molar-refractivity contribution in [3.8, 4) is 0 Å². The van der Waals surface area contributed by atoms with Crippen LogP contribution in [0.5, 0.6) is 0 Å². The number of aliphatic carboxylic acids is 1. The molecule has 0 aromatic carbocycles. The number of carboxylic acids is 1. The Labute approximate surface area is 223 Å². The summed E-state index contributed by atoms with van der Waals surface area (Å²) in [4.78, 5) is 57.8. The molecule has 5 N–H and O–H groups in total. The molecule has 0 bridgehead atoms. The summed E-state index contributed by atoms with van der Waals surface area (Å²) in [7, 11) is 0. The normalized spacial score (nSPS) is 11.8. The quantitative estimate of drug-likeness (QED) is 0.121. The van der Waals surface area contributed by atoms with Crippen molar-refractivity contribution in [2.45, 2.75) is 65.0 Å². The fraction of sp³-hybridized carbons (Fsp3) is 0.792. The number of amides is 4. The Morgan fingerprint density at radius 3 is 1.82 bits per heavy atom. The molecule has 0 rings (SSSR count). The first-order valence-corrected chi connectivity index (χ1v) is 12.6. The molecule has 14 heteroatoms. The molecule has 38 heavy (non-hydrogen) atoms. The summed E-state index contributed by atoms with van der Waals surface area (Å²) < 4.78 is 21.3. The van der Waals surface area contributed by atoms with Gasteiger partial charge in [-0.05, 0) is 40.0 Å². The zero-order valence-electron chi connectivity index (χ0n) is 22.9. The molecule has 0 aromatic heterocycles. The molecule has 0 saturated heterocycles. The van der Waals surface area contributed by atoms with Crippen molar-refractivity contribution in [2.75, 3.05) is 59.3 Å². The first kappa shape index (κ1) is 35.0. The molecule has 0 aliphatic carbocycles. The number of nitrogens with one attached hydrogen (secondary N) is 4. The van der Waals surface area contributed by atoms with E-state index in [9.17, 15) is 24.0 Å². The molecule has 0 unspecified atom stereocenters. The fourth-order valence-corrected chi connectivity index (χ4v) is 2.75. The van der Waals surface area contributed by atoms with Crippen LogP contribution in [-0.4, -0.2) is 106 Å². The first-order valence-electron chi connectivity index (χ1n) is 12.6. The van der Waals surface area contributed by atoms with E-state index in [0.29, 0.717) is 59.2 Å². The average molecular weight is 549 g/mol. The van der Waals surface area contributed by atoms with Crippen molar-refractivity contribution < 1.29 is 48.0 Å². The topological polar surface area (TPSA) is 191 Å². The summed E-state index contributed by atoms with van der Waals surface area (Å²) in [5.74, 6) is -2.35. The minimum absolute atomic E-state index is 0.0383. The van der Waals surface area contributed by atoms with Gasteiger partial charge in [0.25, 0.3) is 0 Å². The van der Waals surface area contributed by atoms with Gasteiger partial charge >= 0.3 is 12.1 Å². The highest BCUT2D eigenvalue weighted by Gasteiger charge is 2.25. The Hall–Kier alpha value is -2.97. The van der Waals surface area contributed by atoms with Crippen molar-refractivity contribution in [3.63, 3.8) is 0 Å². The molecule has 0 radical (unpaired) electrons. The van der Waals surface area contributed by atoms with E-state index >= 15 is 0 Å². The Morgan fingerprint density at radius 2 is 1.32 bits per heavy atom. The third-order valence-electron chi connectivity index (χ3n) is 4.45. The van der Waals surface area contributed by atoms with Gasteiger partial charge < -0.3 is 45.3 Å². The molecular formula is C24H44N4O10. The van der Waals surface area contributed by atoms with E-state index in [1.54, 1.807) is 20.8 Å². The second kappa shape index (κ2) is 21.0. The monoisotopic (exact) mass is 548 g/mol. The zero-order chi connectivity index (χ0) is 28.8. The zero-order valence-corrected chi connectivity index (χ0v) is 22.9. The van der Waals surface area contributed by atoms with Crippen molar-refractivity contribution in [3.05, 3.63) is 0 Å². The van der Waals surface area contributed by atoms with Crippen molar-refractivity contribution in [1.82, 2.24) is 21.3 Å². The maximum Gasteiger partial charge on any atom is 0.408 e. The standard InChI is InChI=1S/C24H44N4O10/c1-18(29)25-9-5-11-35-13-15-37-16-14-36-12-6-10-26-20(30)8-7-19(22(33)27-17-21(31)32)28-23(34)38-24(2,3)4/h19H,5-17H2,1-4H3,(H,25,29)(H,26,30)(H,27,33)(H,28,34)(H,31,32)/t19-/m0/s1. The molecule has 0 fully saturated rings. The van der Waals surface area contributed by atoms with Crippen LogP contribution in [-0.2, 0) is 38.1 Å². The molecule has 1 atom stereocenters. The van der Waals surface area contributed by atoms with Gasteiger partial charge in [0.1, 0.15) is 18.2 Å². The molecule has 14 nitrogen and oxygen atoms in total. The summed E-state index contributed by atoms with van der Waals surface area (Å²) in [6.07, 6.45) is 0.363. The Bertz CT molecular complexity index is 727. The minimum atomic E-state index is -1.23. The molecular weight excluding hydrogens is 504 g/mol. The number of rotatable bonds is 21. The average Bonchev–Trinajstić information content (AvgIpc) is 2.81. The van der Waals surface area contributed by atoms with Gasteiger partial charge in [-0.25, -0.2) is 4.79 Å². The number of alkyl carbamates (subject to hydrolysis) is 1. The molecule has 4 amide bonds. The Morgan fingerprint density at radius 1 is 0.789 bits per heavy atom. The predicted molar refractivity (Wildman–Crippen MR) is 136 cm³/mol. The molecule has 0 aromatic rings. The molecule has 0 aliphatic rings. The van der Waals surface area contributed by atoms with Gasteiger partial charge in [-0.1, -0.05) is 0 Å². The van der Waals surface area contributed by atoms with E-state index in [1.165, 1.54) is 6.92 Å². The maximum atomic E-state index is 12.3. The van der Waals surface area contributed by atoms with E-state index in [4.69, 9.17) is 24.1 Å². The first-order chi connectivity index (χ1) is 17.9.